The molecule has 2 unspecified atom stereocenters. The lowest BCUT2D eigenvalue weighted by Gasteiger charge is -2.37. The number of para-hydroxylation sites is 1. The van der Waals surface area contributed by atoms with Crippen LogP contribution in [0.4, 0.5) is 5.69 Å². The molecule has 1 aromatic carbocycles. The molecule has 1 amide bonds. The average Bonchev–Trinajstić information content (AvgIpc) is 3.00. The number of amides is 1. The number of aliphatic carboxylic acids is 1. The zero-order valence-electron chi connectivity index (χ0n) is 11.5. The first-order valence-electron chi connectivity index (χ1n) is 6.78. The van der Waals surface area contributed by atoms with E-state index >= 15 is 0 Å². The standard InChI is InChI=1S/C16H15NO4/c1-10-9-12(16(19)20)11-5-2-3-6-13(11)17(10)15(18)14-7-4-8-21-14/h2-8,10,12H,9H2,1H3,(H,19,20). The van der Waals surface area contributed by atoms with Crippen molar-refractivity contribution < 1.29 is 19.1 Å². The van der Waals surface area contributed by atoms with Crippen LogP contribution in [0.3, 0.4) is 0 Å². The van der Waals surface area contributed by atoms with Gasteiger partial charge in [0.05, 0.1) is 12.2 Å². The molecule has 1 aliphatic heterocycles. The van der Waals surface area contributed by atoms with Crippen LogP contribution in [0, 0.1) is 0 Å². The van der Waals surface area contributed by atoms with Crippen molar-refractivity contribution in [2.24, 2.45) is 0 Å². The maximum absolute atomic E-state index is 12.6. The minimum absolute atomic E-state index is 0.210. The largest absolute Gasteiger partial charge is 0.481 e. The van der Waals surface area contributed by atoms with Crippen LogP contribution < -0.4 is 4.90 Å². The zero-order valence-corrected chi connectivity index (χ0v) is 11.5. The summed E-state index contributed by atoms with van der Waals surface area (Å²) in [4.78, 5) is 25.7. The summed E-state index contributed by atoms with van der Waals surface area (Å²) in [5, 5.41) is 9.39. The van der Waals surface area contributed by atoms with Gasteiger partial charge in [-0.3, -0.25) is 9.59 Å². The first kappa shape index (κ1) is 13.4. The summed E-state index contributed by atoms with van der Waals surface area (Å²) < 4.78 is 5.18. The number of anilines is 1. The Labute approximate surface area is 121 Å². The summed E-state index contributed by atoms with van der Waals surface area (Å²) in [5.74, 6) is -1.44. The first-order chi connectivity index (χ1) is 10.1. The van der Waals surface area contributed by atoms with E-state index in [9.17, 15) is 14.7 Å². The van der Waals surface area contributed by atoms with Crippen LogP contribution in [0.1, 0.15) is 35.4 Å². The highest BCUT2D eigenvalue weighted by atomic mass is 16.4. The van der Waals surface area contributed by atoms with Gasteiger partial charge in [0.15, 0.2) is 5.76 Å². The van der Waals surface area contributed by atoms with Crippen molar-refractivity contribution in [2.45, 2.75) is 25.3 Å². The molecular formula is C16H15NO4. The van der Waals surface area contributed by atoms with E-state index in [0.717, 1.165) is 0 Å². The van der Waals surface area contributed by atoms with Crippen LogP contribution in [0.25, 0.3) is 0 Å². The minimum Gasteiger partial charge on any atom is -0.481 e. The van der Waals surface area contributed by atoms with Crippen LogP contribution in [0.15, 0.2) is 47.1 Å². The van der Waals surface area contributed by atoms with E-state index in [2.05, 4.69) is 0 Å². The SMILES string of the molecule is CC1CC(C(=O)O)c2ccccc2N1C(=O)c1ccco1. The second kappa shape index (κ2) is 5.09. The lowest BCUT2D eigenvalue weighted by molar-refractivity contribution is -0.139. The van der Waals surface area contributed by atoms with Crippen molar-refractivity contribution in [3.8, 4) is 0 Å². The van der Waals surface area contributed by atoms with Crippen molar-refractivity contribution in [3.05, 3.63) is 54.0 Å². The van der Waals surface area contributed by atoms with E-state index in [0.29, 0.717) is 17.7 Å². The zero-order chi connectivity index (χ0) is 15.0. The summed E-state index contributed by atoms with van der Waals surface area (Å²) >= 11 is 0. The smallest absolute Gasteiger partial charge is 0.311 e. The monoisotopic (exact) mass is 285 g/mol. The molecule has 1 aromatic heterocycles. The van der Waals surface area contributed by atoms with Crippen molar-refractivity contribution >= 4 is 17.6 Å². The van der Waals surface area contributed by atoms with Crippen LogP contribution in [0.5, 0.6) is 0 Å². The molecule has 2 aromatic rings. The van der Waals surface area contributed by atoms with E-state index in [1.54, 1.807) is 41.3 Å². The highest BCUT2D eigenvalue weighted by Gasteiger charge is 2.37. The summed E-state index contributed by atoms with van der Waals surface area (Å²) in [6.07, 6.45) is 1.84. The summed E-state index contributed by atoms with van der Waals surface area (Å²) in [5.41, 5.74) is 1.31. The molecule has 108 valence electrons. The normalized spacial score (nSPS) is 20.9. The Balaban J connectivity index is 2.07. The van der Waals surface area contributed by atoms with E-state index in [-0.39, 0.29) is 17.7 Å². The number of hydrogen-bond acceptors (Lipinski definition) is 3. The van der Waals surface area contributed by atoms with E-state index in [4.69, 9.17) is 4.42 Å². The number of carbonyl (C=O) groups excluding carboxylic acids is 1. The lowest BCUT2D eigenvalue weighted by atomic mass is 9.86. The van der Waals surface area contributed by atoms with Gasteiger partial charge in [0.25, 0.3) is 5.91 Å². The second-order valence-corrected chi connectivity index (χ2v) is 5.19. The molecule has 1 aliphatic rings. The van der Waals surface area contributed by atoms with Gasteiger partial charge in [0.2, 0.25) is 0 Å². The van der Waals surface area contributed by atoms with Crippen LogP contribution in [-0.2, 0) is 4.79 Å². The molecule has 5 heteroatoms. The molecule has 0 aliphatic carbocycles. The fourth-order valence-electron chi connectivity index (χ4n) is 2.87. The number of benzene rings is 1. The predicted molar refractivity (Wildman–Crippen MR) is 76.4 cm³/mol. The second-order valence-electron chi connectivity index (χ2n) is 5.19. The van der Waals surface area contributed by atoms with Gasteiger partial charge in [0.1, 0.15) is 0 Å². The number of fused-ring (bicyclic) bond motifs is 1. The van der Waals surface area contributed by atoms with E-state index in [1.807, 2.05) is 6.92 Å². The fraction of sp³-hybridized carbons (Fsp3) is 0.250. The third kappa shape index (κ3) is 2.20. The van der Waals surface area contributed by atoms with Crippen LogP contribution in [0.2, 0.25) is 0 Å². The molecule has 0 spiro atoms. The topological polar surface area (TPSA) is 70.8 Å². The molecule has 1 N–H and O–H groups in total. The summed E-state index contributed by atoms with van der Waals surface area (Å²) in [6.45, 7) is 1.85. The van der Waals surface area contributed by atoms with Crippen molar-refractivity contribution in [1.29, 1.82) is 0 Å². The Kier molecular flexibility index (Phi) is 3.25. The Morgan fingerprint density at radius 3 is 2.67 bits per heavy atom. The quantitative estimate of drug-likeness (QED) is 0.921. The van der Waals surface area contributed by atoms with Gasteiger partial charge in [-0.05, 0) is 37.1 Å². The van der Waals surface area contributed by atoms with Gasteiger partial charge < -0.3 is 14.4 Å². The molecule has 0 radical (unpaired) electrons. The third-order valence-electron chi connectivity index (χ3n) is 3.84. The van der Waals surface area contributed by atoms with Gasteiger partial charge >= 0.3 is 5.97 Å². The van der Waals surface area contributed by atoms with E-state index in [1.165, 1.54) is 6.26 Å². The van der Waals surface area contributed by atoms with Crippen LogP contribution in [-0.4, -0.2) is 23.0 Å². The molecule has 2 atom stereocenters. The number of hydrogen-bond donors (Lipinski definition) is 1. The Morgan fingerprint density at radius 2 is 2.00 bits per heavy atom. The molecule has 0 saturated heterocycles. The molecule has 0 fully saturated rings. The molecule has 3 rings (SSSR count). The van der Waals surface area contributed by atoms with Gasteiger partial charge in [0, 0.05) is 11.7 Å². The summed E-state index contributed by atoms with van der Waals surface area (Å²) in [7, 11) is 0. The van der Waals surface area contributed by atoms with Crippen LogP contribution >= 0.6 is 0 Å². The van der Waals surface area contributed by atoms with Gasteiger partial charge in [-0.25, -0.2) is 0 Å². The van der Waals surface area contributed by atoms with E-state index < -0.39 is 11.9 Å². The van der Waals surface area contributed by atoms with Gasteiger partial charge in [-0.2, -0.15) is 0 Å². The average molecular weight is 285 g/mol. The van der Waals surface area contributed by atoms with Crippen molar-refractivity contribution in [1.82, 2.24) is 0 Å². The Hall–Kier alpha value is -2.56. The molecule has 0 bridgehead atoms. The first-order valence-corrected chi connectivity index (χ1v) is 6.78. The molecule has 5 nitrogen and oxygen atoms in total. The number of furan rings is 1. The van der Waals surface area contributed by atoms with Gasteiger partial charge in [-0.1, -0.05) is 18.2 Å². The summed E-state index contributed by atoms with van der Waals surface area (Å²) in [6, 6.07) is 10.2. The molecule has 21 heavy (non-hydrogen) atoms. The number of nitrogens with zero attached hydrogens (tertiary/aromatic N) is 1. The lowest BCUT2D eigenvalue weighted by Crippen LogP contribution is -2.44. The molecule has 0 saturated carbocycles. The Morgan fingerprint density at radius 1 is 1.24 bits per heavy atom. The Bertz CT molecular complexity index is 677. The number of carboxylic acid groups (broad SMARTS) is 1. The highest BCUT2D eigenvalue weighted by molar-refractivity contribution is 6.06. The predicted octanol–water partition coefficient (Wildman–Crippen LogP) is 2.89. The maximum atomic E-state index is 12.6. The number of carbonyl (C=O) groups is 2. The van der Waals surface area contributed by atoms with Crippen molar-refractivity contribution in [3.63, 3.8) is 0 Å². The number of carboxylic acids is 1. The van der Waals surface area contributed by atoms with Gasteiger partial charge in [-0.15, -0.1) is 0 Å². The molecular weight excluding hydrogens is 270 g/mol. The number of rotatable bonds is 2. The third-order valence-corrected chi connectivity index (χ3v) is 3.84. The minimum atomic E-state index is -0.862. The van der Waals surface area contributed by atoms with Crippen molar-refractivity contribution in [2.75, 3.05) is 4.90 Å². The fourth-order valence-corrected chi connectivity index (χ4v) is 2.87. The highest BCUT2D eigenvalue weighted by Crippen LogP contribution is 2.39. The maximum Gasteiger partial charge on any atom is 0.311 e. The molecule has 2 heterocycles.